The Morgan fingerprint density at radius 3 is 2.57 bits per heavy atom. The van der Waals surface area contributed by atoms with E-state index in [-0.39, 0.29) is 18.6 Å². The Balaban J connectivity index is 1.62. The number of para-hydroxylation sites is 1. The van der Waals surface area contributed by atoms with E-state index in [9.17, 15) is 4.79 Å². The van der Waals surface area contributed by atoms with E-state index in [2.05, 4.69) is 10.2 Å². The largest absolute Gasteiger partial charge is 0.496 e. The molecule has 0 aliphatic carbocycles. The third kappa shape index (κ3) is 5.47. The van der Waals surface area contributed by atoms with Gasteiger partial charge < -0.3 is 19.5 Å². The minimum Gasteiger partial charge on any atom is -0.496 e. The van der Waals surface area contributed by atoms with E-state index >= 15 is 0 Å². The van der Waals surface area contributed by atoms with Gasteiger partial charge >= 0.3 is 0 Å². The molecule has 150 valence electrons. The van der Waals surface area contributed by atoms with E-state index in [1.54, 1.807) is 7.11 Å². The minimum absolute atomic E-state index is 0.00911. The Morgan fingerprint density at radius 1 is 1.14 bits per heavy atom. The van der Waals surface area contributed by atoms with Crippen molar-refractivity contribution in [2.45, 2.75) is 13.0 Å². The number of amides is 1. The lowest BCUT2D eigenvalue weighted by Gasteiger charge is -2.35. The summed E-state index contributed by atoms with van der Waals surface area (Å²) in [5.41, 5.74) is 2.22. The van der Waals surface area contributed by atoms with Gasteiger partial charge in [0.2, 0.25) is 0 Å². The van der Waals surface area contributed by atoms with E-state index in [0.717, 1.165) is 30.0 Å². The molecule has 1 aliphatic heterocycles. The molecule has 2 aromatic rings. The van der Waals surface area contributed by atoms with Gasteiger partial charge in [0.15, 0.2) is 6.61 Å². The third-order valence-corrected chi connectivity index (χ3v) is 4.87. The van der Waals surface area contributed by atoms with E-state index in [1.165, 1.54) is 0 Å². The Bertz CT molecular complexity index is 757. The fourth-order valence-electron chi connectivity index (χ4n) is 3.31. The molecule has 0 spiro atoms. The van der Waals surface area contributed by atoms with Gasteiger partial charge in [-0.1, -0.05) is 35.9 Å². The molecule has 1 heterocycles. The molecule has 1 amide bonds. The Morgan fingerprint density at radius 2 is 1.86 bits per heavy atom. The summed E-state index contributed by atoms with van der Waals surface area (Å²) in [6.07, 6.45) is 0. The van der Waals surface area contributed by atoms with E-state index in [4.69, 9.17) is 14.2 Å². The van der Waals surface area contributed by atoms with Crippen LogP contribution >= 0.6 is 0 Å². The van der Waals surface area contributed by atoms with Crippen molar-refractivity contribution in [3.8, 4) is 11.5 Å². The molecule has 0 radical (unpaired) electrons. The van der Waals surface area contributed by atoms with Crippen molar-refractivity contribution in [1.29, 1.82) is 0 Å². The number of rotatable bonds is 8. The maximum Gasteiger partial charge on any atom is 0.258 e. The van der Waals surface area contributed by atoms with Crippen molar-refractivity contribution < 1.29 is 19.0 Å². The van der Waals surface area contributed by atoms with Crippen LogP contribution < -0.4 is 14.8 Å². The molecular weight excluding hydrogens is 356 g/mol. The van der Waals surface area contributed by atoms with E-state index < -0.39 is 0 Å². The standard InChI is InChI=1S/C22H28N2O4/c1-17-7-9-18(10-8-17)28-16-22(25)23-15-20(24-11-13-27-14-12-24)19-5-3-4-6-21(19)26-2/h3-10,20H,11-16H2,1-2H3,(H,23,25). The highest BCUT2D eigenvalue weighted by atomic mass is 16.5. The molecule has 6 heteroatoms. The van der Waals surface area contributed by atoms with Gasteiger partial charge in [0.05, 0.1) is 26.4 Å². The topological polar surface area (TPSA) is 60.0 Å². The van der Waals surface area contributed by atoms with Crippen molar-refractivity contribution >= 4 is 5.91 Å². The number of ether oxygens (including phenoxy) is 3. The number of methoxy groups -OCH3 is 1. The highest BCUT2D eigenvalue weighted by Gasteiger charge is 2.25. The second-order valence-corrected chi connectivity index (χ2v) is 6.81. The molecule has 1 N–H and O–H groups in total. The van der Waals surface area contributed by atoms with Gasteiger partial charge in [-0.15, -0.1) is 0 Å². The Labute approximate surface area is 166 Å². The summed E-state index contributed by atoms with van der Waals surface area (Å²) in [5.74, 6) is 1.37. The molecule has 0 bridgehead atoms. The van der Waals surface area contributed by atoms with Crippen LogP contribution in [0.5, 0.6) is 11.5 Å². The monoisotopic (exact) mass is 384 g/mol. The average molecular weight is 384 g/mol. The van der Waals surface area contributed by atoms with Gasteiger partial charge in [-0.05, 0) is 25.1 Å². The summed E-state index contributed by atoms with van der Waals surface area (Å²) < 4.78 is 16.6. The van der Waals surface area contributed by atoms with Gasteiger partial charge in [-0.3, -0.25) is 9.69 Å². The third-order valence-electron chi connectivity index (χ3n) is 4.87. The summed E-state index contributed by atoms with van der Waals surface area (Å²) in [5, 5.41) is 3.01. The predicted molar refractivity (Wildman–Crippen MR) is 108 cm³/mol. The summed E-state index contributed by atoms with van der Waals surface area (Å²) in [6.45, 7) is 5.50. The summed E-state index contributed by atoms with van der Waals surface area (Å²) in [6, 6.07) is 15.6. The lowest BCUT2D eigenvalue weighted by atomic mass is 10.0. The minimum atomic E-state index is -0.145. The number of carbonyl (C=O) groups excluding carboxylic acids is 1. The van der Waals surface area contributed by atoms with Crippen LogP contribution in [0.2, 0.25) is 0 Å². The quantitative estimate of drug-likeness (QED) is 0.758. The second-order valence-electron chi connectivity index (χ2n) is 6.81. The lowest BCUT2D eigenvalue weighted by molar-refractivity contribution is -0.123. The number of nitrogens with one attached hydrogen (secondary N) is 1. The fraction of sp³-hybridized carbons (Fsp3) is 0.409. The molecule has 1 atom stereocenters. The molecule has 0 aromatic heterocycles. The summed E-state index contributed by atoms with van der Waals surface area (Å²) in [7, 11) is 1.67. The number of benzene rings is 2. The Hall–Kier alpha value is -2.57. The normalized spacial score (nSPS) is 15.6. The molecule has 0 saturated carbocycles. The van der Waals surface area contributed by atoms with Crippen molar-refractivity contribution in [3.05, 3.63) is 59.7 Å². The molecule has 1 saturated heterocycles. The number of hydrogen-bond donors (Lipinski definition) is 1. The zero-order valence-electron chi connectivity index (χ0n) is 16.5. The zero-order valence-corrected chi connectivity index (χ0v) is 16.5. The highest BCUT2D eigenvalue weighted by Crippen LogP contribution is 2.29. The number of morpholine rings is 1. The van der Waals surface area contributed by atoms with E-state index in [0.29, 0.717) is 25.5 Å². The molecule has 28 heavy (non-hydrogen) atoms. The van der Waals surface area contributed by atoms with Crippen LogP contribution in [0, 0.1) is 6.92 Å². The number of aryl methyl sites for hydroxylation is 1. The molecule has 1 fully saturated rings. The van der Waals surface area contributed by atoms with E-state index in [1.807, 2.05) is 55.5 Å². The molecular formula is C22H28N2O4. The van der Waals surface area contributed by atoms with Crippen molar-refractivity contribution in [1.82, 2.24) is 10.2 Å². The Kier molecular flexibility index (Phi) is 7.28. The maximum atomic E-state index is 12.3. The van der Waals surface area contributed by atoms with Gasteiger partial charge in [0.1, 0.15) is 11.5 Å². The van der Waals surface area contributed by atoms with Crippen LogP contribution in [0.25, 0.3) is 0 Å². The van der Waals surface area contributed by atoms with Gasteiger partial charge in [0, 0.05) is 25.2 Å². The fourth-order valence-corrected chi connectivity index (χ4v) is 3.31. The smallest absolute Gasteiger partial charge is 0.258 e. The first-order chi connectivity index (χ1) is 13.7. The second kappa shape index (κ2) is 10.1. The number of hydrogen-bond acceptors (Lipinski definition) is 5. The summed E-state index contributed by atoms with van der Waals surface area (Å²) >= 11 is 0. The molecule has 2 aromatic carbocycles. The average Bonchev–Trinajstić information content (AvgIpc) is 2.74. The van der Waals surface area contributed by atoms with Gasteiger partial charge in [0.25, 0.3) is 5.91 Å². The van der Waals surface area contributed by atoms with Gasteiger partial charge in [-0.2, -0.15) is 0 Å². The number of nitrogens with zero attached hydrogens (tertiary/aromatic N) is 1. The lowest BCUT2D eigenvalue weighted by Crippen LogP contribution is -2.44. The first kappa shape index (κ1) is 20.2. The maximum absolute atomic E-state index is 12.3. The predicted octanol–water partition coefficient (Wildman–Crippen LogP) is 2.57. The van der Waals surface area contributed by atoms with Crippen LogP contribution in [-0.4, -0.2) is 57.4 Å². The van der Waals surface area contributed by atoms with Crippen molar-refractivity contribution in [2.24, 2.45) is 0 Å². The number of carbonyl (C=O) groups is 1. The highest BCUT2D eigenvalue weighted by molar-refractivity contribution is 5.77. The summed E-state index contributed by atoms with van der Waals surface area (Å²) in [4.78, 5) is 14.7. The van der Waals surface area contributed by atoms with Crippen LogP contribution in [0.3, 0.4) is 0 Å². The molecule has 1 aliphatic rings. The van der Waals surface area contributed by atoms with Crippen LogP contribution in [-0.2, 0) is 9.53 Å². The van der Waals surface area contributed by atoms with Crippen LogP contribution in [0.15, 0.2) is 48.5 Å². The SMILES string of the molecule is COc1ccccc1C(CNC(=O)COc1ccc(C)cc1)N1CCOCC1. The molecule has 6 nitrogen and oxygen atoms in total. The first-order valence-corrected chi connectivity index (χ1v) is 9.58. The molecule has 1 unspecified atom stereocenters. The molecule has 3 rings (SSSR count). The van der Waals surface area contributed by atoms with Crippen molar-refractivity contribution in [2.75, 3.05) is 46.6 Å². The van der Waals surface area contributed by atoms with Crippen LogP contribution in [0.4, 0.5) is 0 Å². The van der Waals surface area contributed by atoms with Crippen LogP contribution in [0.1, 0.15) is 17.2 Å². The van der Waals surface area contributed by atoms with Crippen molar-refractivity contribution in [3.63, 3.8) is 0 Å². The first-order valence-electron chi connectivity index (χ1n) is 9.58. The zero-order chi connectivity index (χ0) is 19.8. The van der Waals surface area contributed by atoms with Gasteiger partial charge in [-0.25, -0.2) is 0 Å².